The molecule has 1 aliphatic heterocycles. The number of methoxy groups -OCH3 is 2. The first kappa shape index (κ1) is 20.5. The first-order valence-corrected chi connectivity index (χ1v) is 11.1. The molecule has 8 heteroatoms. The molecular formula is C20H28N2O5S. The van der Waals surface area contributed by atoms with Gasteiger partial charge in [-0.1, -0.05) is 19.3 Å². The molecule has 2 aliphatic rings. The van der Waals surface area contributed by atoms with Crippen LogP contribution in [0.2, 0.25) is 0 Å². The van der Waals surface area contributed by atoms with Crippen molar-refractivity contribution < 1.29 is 22.7 Å². The molecule has 1 aliphatic carbocycles. The lowest BCUT2D eigenvalue weighted by Gasteiger charge is -2.33. The van der Waals surface area contributed by atoms with Gasteiger partial charge in [0.25, 0.3) is 15.9 Å². The summed E-state index contributed by atoms with van der Waals surface area (Å²) in [5.41, 5.74) is 1.57. The molecule has 1 heterocycles. The van der Waals surface area contributed by atoms with E-state index in [1.54, 1.807) is 26.0 Å². The fourth-order valence-corrected chi connectivity index (χ4v) is 5.82. The summed E-state index contributed by atoms with van der Waals surface area (Å²) in [6, 6.07) is 3.40. The van der Waals surface area contributed by atoms with Gasteiger partial charge < -0.3 is 14.8 Å². The Balaban J connectivity index is 2.11. The fraction of sp³-hybridized carbons (Fsp3) is 0.550. The Morgan fingerprint density at radius 1 is 1.14 bits per heavy atom. The minimum atomic E-state index is -3.97. The number of carbonyl (C=O) groups excluding carboxylic acids is 1. The molecule has 1 saturated carbocycles. The quantitative estimate of drug-likeness (QED) is 0.809. The minimum absolute atomic E-state index is 0.0265. The predicted molar refractivity (Wildman–Crippen MR) is 109 cm³/mol. The van der Waals surface area contributed by atoms with Gasteiger partial charge in [0.05, 0.1) is 19.9 Å². The smallest absolute Gasteiger partial charge is 0.270 e. The summed E-state index contributed by atoms with van der Waals surface area (Å²) in [5, 5.41) is 2.94. The maximum absolute atomic E-state index is 13.3. The number of hydrogen-bond donors (Lipinski definition) is 1. The lowest BCUT2D eigenvalue weighted by molar-refractivity contribution is -0.117. The molecule has 28 heavy (non-hydrogen) atoms. The molecule has 0 bridgehead atoms. The Kier molecular flexibility index (Phi) is 5.88. The van der Waals surface area contributed by atoms with Crippen LogP contribution < -0.4 is 19.1 Å². The van der Waals surface area contributed by atoms with Crippen molar-refractivity contribution in [2.45, 2.75) is 52.0 Å². The van der Waals surface area contributed by atoms with Gasteiger partial charge in [0.2, 0.25) is 0 Å². The van der Waals surface area contributed by atoms with E-state index in [1.807, 2.05) is 0 Å². The lowest BCUT2D eigenvalue weighted by atomic mass is 9.95. The van der Waals surface area contributed by atoms with Gasteiger partial charge in [-0.25, -0.2) is 8.42 Å². The van der Waals surface area contributed by atoms with Crippen molar-refractivity contribution in [2.24, 2.45) is 0 Å². The monoisotopic (exact) mass is 408 g/mol. The topological polar surface area (TPSA) is 84.9 Å². The van der Waals surface area contributed by atoms with Crippen molar-refractivity contribution in [1.82, 2.24) is 5.32 Å². The van der Waals surface area contributed by atoms with Crippen molar-refractivity contribution in [3.8, 4) is 11.5 Å². The van der Waals surface area contributed by atoms with E-state index in [0.29, 0.717) is 28.3 Å². The third-order valence-corrected chi connectivity index (χ3v) is 7.54. The third kappa shape index (κ3) is 3.45. The van der Waals surface area contributed by atoms with Gasteiger partial charge in [-0.05, 0) is 38.3 Å². The average molecular weight is 409 g/mol. The number of anilines is 1. The summed E-state index contributed by atoms with van der Waals surface area (Å²) in [6.45, 7) is 3.62. The Morgan fingerprint density at radius 2 is 1.75 bits per heavy atom. The highest BCUT2D eigenvalue weighted by Crippen LogP contribution is 2.44. The van der Waals surface area contributed by atoms with Crippen LogP contribution in [-0.2, 0) is 14.8 Å². The summed E-state index contributed by atoms with van der Waals surface area (Å²) in [6.07, 6.45) is 5.03. The molecule has 0 spiro atoms. The van der Waals surface area contributed by atoms with Crippen molar-refractivity contribution in [3.63, 3.8) is 0 Å². The standard InChI is InChI=1S/C20H28N2O5S/c1-5-22-16-12-18(27-4)17(26-3)11-15(16)13(2)19(28(22,24)25)20(23)21-14-9-7-6-8-10-14/h11-12,14H,5-10H2,1-4H3,(H,21,23). The van der Waals surface area contributed by atoms with Gasteiger partial charge in [0, 0.05) is 24.2 Å². The number of ether oxygens (including phenoxy) is 2. The second-order valence-electron chi connectivity index (χ2n) is 7.16. The van der Waals surface area contributed by atoms with Crippen LogP contribution >= 0.6 is 0 Å². The number of amides is 1. The Bertz CT molecular complexity index is 901. The van der Waals surface area contributed by atoms with Crippen molar-refractivity contribution in [3.05, 3.63) is 22.6 Å². The Morgan fingerprint density at radius 3 is 2.32 bits per heavy atom. The summed E-state index contributed by atoms with van der Waals surface area (Å²) >= 11 is 0. The van der Waals surface area contributed by atoms with Gasteiger partial charge in [0.1, 0.15) is 0 Å². The number of fused-ring (bicyclic) bond motifs is 1. The summed E-state index contributed by atoms with van der Waals surface area (Å²) in [7, 11) is -0.938. The van der Waals surface area contributed by atoms with Crippen LogP contribution in [0.4, 0.5) is 5.69 Å². The van der Waals surface area contributed by atoms with E-state index in [4.69, 9.17) is 9.47 Å². The number of rotatable bonds is 5. The molecular weight excluding hydrogens is 380 g/mol. The molecule has 0 saturated heterocycles. The van der Waals surface area contributed by atoms with Crippen LogP contribution in [0.3, 0.4) is 0 Å². The number of nitrogens with one attached hydrogen (secondary N) is 1. The lowest BCUT2D eigenvalue weighted by Crippen LogP contribution is -2.44. The average Bonchev–Trinajstić information content (AvgIpc) is 2.67. The van der Waals surface area contributed by atoms with E-state index in [2.05, 4.69) is 5.32 Å². The predicted octanol–water partition coefficient (Wildman–Crippen LogP) is 3.05. The third-order valence-electron chi connectivity index (χ3n) is 5.50. The molecule has 154 valence electrons. The number of nitrogens with zero attached hydrogens (tertiary/aromatic N) is 1. The maximum atomic E-state index is 13.3. The van der Waals surface area contributed by atoms with Gasteiger partial charge in [-0.3, -0.25) is 9.10 Å². The highest BCUT2D eigenvalue weighted by atomic mass is 32.2. The zero-order valence-electron chi connectivity index (χ0n) is 16.9. The van der Waals surface area contributed by atoms with Crippen LogP contribution in [0.5, 0.6) is 11.5 Å². The largest absolute Gasteiger partial charge is 0.493 e. The molecule has 1 aromatic rings. The first-order chi connectivity index (χ1) is 13.3. The van der Waals surface area contributed by atoms with E-state index < -0.39 is 15.9 Å². The Labute approximate surface area is 166 Å². The van der Waals surface area contributed by atoms with Crippen LogP contribution in [0.25, 0.3) is 5.57 Å². The molecule has 1 N–H and O–H groups in total. The number of sulfonamides is 1. The highest BCUT2D eigenvalue weighted by Gasteiger charge is 2.40. The number of benzene rings is 1. The van der Waals surface area contributed by atoms with Crippen LogP contribution in [-0.4, -0.2) is 41.1 Å². The summed E-state index contributed by atoms with van der Waals surface area (Å²) in [5.74, 6) is 0.407. The molecule has 1 amide bonds. The normalized spacial score (nSPS) is 19.2. The van der Waals surface area contributed by atoms with E-state index >= 15 is 0 Å². The summed E-state index contributed by atoms with van der Waals surface area (Å²) in [4.78, 5) is 12.8. The molecule has 3 rings (SSSR count). The fourth-order valence-electron chi connectivity index (χ4n) is 4.06. The SMILES string of the molecule is CCN1c2cc(OC)c(OC)cc2C(C)=C(C(=O)NC2CCCCC2)S1(=O)=O. The van der Waals surface area contributed by atoms with Crippen molar-refractivity contribution in [1.29, 1.82) is 0 Å². The first-order valence-electron chi connectivity index (χ1n) is 9.66. The van der Waals surface area contributed by atoms with Crippen molar-refractivity contribution in [2.75, 3.05) is 25.1 Å². The molecule has 0 aromatic heterocycles. The molecule has 1 fully saturated rings. The van der Waals surface area contributed by atoms with Gasteiger partial charge in [0.15, 0.2) is 16.4 Å². The number of hydrogen-bond acceptors (Lipinski definition) is 5. The number of allylic oxidation sites excluding steroid dienone is 1. The zero-order chi connectivity index (χ0) is 20.5. The zero-order valence-corrected chi connectivity index (χ0v) is 17.7. The second kappa shape index (κ2) is 8.03. The highest BCUT2D eigenvalue weighted by molar-refractivity contribution is 7.97. The molecule has 7 nitrogen and oxygen atoms in total. The van der Waals surface area contributed by atoms with E-state index in [1.165, 1.54) is 18.5 Å². The molecule has 1 aromatic carbocycles. The number of carbonyl (C=O) groups is 1. The van der Waals surface area contributed by atoms with Crippen LogP contribution in [0.1, 0.15) is 51.5 Å². The second-order valence-corrected chi connectivity index (χ2v) is 8.96. The van der Waals surface area contributed by atoms with E-state index in [-0.39, 0.29) is 17.5 Å². The molecule has 0 radical (unpaired) electrons. The maximum Gasteiger partial charge on any atom is 0.270 e. The van der Waals surface area contributed by atoms with Gasteiger partial charge >= 0.3 is 0 Å². The van der Waals surface area contributed by atoms with E-state index in [9.17, 15) is 13.2 Å². The van der Waals surface area contributed by atoms with E-state index in [0.717, 1.165) is 32.1 Å². The summed E-state index contributed by atoms with van der Waals surface area (Å²) < 4.78 is 38.5. The van der Waals surface area contributed by atoms with Crippen molar-refractivity contribution >= 4 is 27.2 Å². The van der Waals surface area contributed by atoms with Gasteiger partial charge in [-0.15, -0.1) is 0 Å². The molecule has 0 atom stereocenters. The minimum Gasteiger partial charge on any atom is -0.493 e. The van der Waals surface area contributed by atoms with Crippen LogP contribution in [0, 0.1) is 0 Å². The van der Waals surface area contributed by atoms with Crippen LogP contribution in [0.15, 0.2) is 17.0 Å². The molecule has 0 unspecified atom stereocenters. The Hall–Kier alpha value is -2.22. The van der Waals surface area contributed by atoms with Gasteiger partial charge in [-0.2, -0.15) is 0 Å².